The summed E-state index contributed by atoms with van der Waals surface area (Å²) < 4.78 is 1.99. The molecule has 6 nitrogen and oxygen atoms in total. The van der Waals surface area contributed by atoms with Gasteiger partial charge in [0.2, 0.25) is 5.91 Å². The molecule has 1 unspecified atom stereocenters. The number of amides is 1. The molecule has 0 aliphatic heterocycles. The lowest BCUT2D eigenvalue weighted by Crippen LogP contribution is -2.43. The molecule has 8 heteroatoms. The van der Waals surface area contributed by atoms with Gasteiger partial charge >= 0.3 is 0 Å². The zero-order valence-electron chi connectivity index (χ0n) is 15.3. The molecule has 138 valence electrons. The van der Waals surface area contributed by atoms with E-state index >= 15 is 0 Å². The number of guanidine groups is 1. The van der Waals surface area contributed by atoms with Gasteiger partial charge in [-0.05, 0) is 19.4 Å². The molecule has 0 radical (unpaired) electrons. The van der Waals surface area contributed by atoms with E-state index in [1.165, 1.54) is 0 Å². The Kier molecular flexibility index (Phi) is 10.4. The van der Waals surface area contributed by atoms with Crippen LogP contribution in [-0.2, 0) is 18.4 Å². The van der Waals surface area contributed by atoms with Crippen LogP contribution in [-0.4, -0.2) is 60.0 Å². The average Bonchev–Trinajstić information content (AvgIpc) is 2.80. The normalized spacial score (nSPS) is 12.4. The highest BCUT2D eigenvalue weighted by Crippen LogP contribution is 2.14. The van der Waals surface area contributed by atoms with Crippen molar-refractivity contribution in [3.8, 4) is 0 Å². The second kappa shape index (κ2) is 10.8. The maximum absolute atomic E-state index is 11.8. The minimum Gasteiger partial charge on any atom is -0.354 e. The first-order valence-electron chi connectivity index (χ1n) is 7.77. The second-order valence-electron chi connectivity index (χ2n) is 6.00. The van der Waals surface area contributed by atoms with E-state index in [2.05, 4.69) is 24.2 Å². The Morgan fingerprint density at radius 3 is 2.50 bits per heavy atom. The summed E-state index contributed by atoms with van der Waals surface area (Å²) in [7, 11) is 7.38. The number of likely N-dealkylation sites (N-methyl/N-ethyl adjacent to an activating group) is 1. The van der Waals surface area contributed by atoms with Crippen molar-refractivity contribution >= 4 is 47.4 Å². The molecule has 1 amide bonds. The summed E-state index contributed by atoms with van der Waals surface area (Å²) in [5, 5.41) is 4.09. The number of aryl methyl sites for hydroxylation is 1. The van der Waals surface area contributed by atoms with Gasteiger partial charge < -0.3 is 19.7 Å². The van der Waals surface area contributed by atoms with Crippen LogP contribution in [0.15, 0.2) is 17.3 Å². The highest BCUT2D eigenvalue weighted by atomic mass is 127. The fourth-order valence-corrected chi connectivity index (χ4v) is 2.20. The molecular formula is C16H29ClIN5O. The van der Waals surface area contributed by atoms with E-state index in [9.17, 15) is 4.79 Å². The standard InChI is InChI=1S/C16H28ClN5O.HI/c1-7-12(2)19-16(18-9-15(23)20(3)4)22(6)11-14-8-13(17)10-21(14)5;/h8,10,12H,7,9,11H2,1-6H3,(H,18,19);1H. The van der Waals surface area contributed by atoms with Gasteiger partial charge in [0.15, 0.2) is 5.96 Å². The van der Waals surface area contributed by atoms with Crippen LogP contribution in [0.1, 0.15) is 26.0 Å². The molecule has 0 bridgehead atoms. The van der Waals surface area contributed by atoms with Crippen molar-refractivity contribution in [2.75, 3.05) is 27.7 Å². The molecule has 1 atom stereocenters. The molecule has 1 rings (SSSR count). The van der Waals surface area contributed by atoms with Gasteiger partial charge in [-0.2, -0.15) is 0 Å². The summed E-state index contributed by atoms with van der Waals surface area (Å²) in [5.41, 5.74) is 1.08. The highest BCUT2D eigenvalue weighted by molar-refractivity contribution is 14.0. The fourth-order valence-electron chi connectivity index (χ4n) is 1.92. The van der Waals surface area contributed by atoms with Crippen molar-refractivity contribution in [2.45, 2.75) is 32.9 Å². The first-order valence-corrected chi connectivity index (χ1v) is 8.15. The smallest absolute Gasteiger partial charge is 0.243 e. The molecule has 0 saturated carbocycles. The third kappa shape index (κ3) is 7.29. The van der Waals surface area contributed by atoms with Crippen molar-refractivity contribution in [1.82, 2.24) is 19.7 Å². The molecule has 0 aliphatic rings. The van der Waals surface area contributed by atoms with Crippen molar-refractivity contribution < 1.29 is 4.79 Å². The fraction of sp³-hybridized carbons (Fsp3) is 0.625. The predicted octanol–water partition coefficient (Wildman–Crippen LogP) is 2.56. The van der Waals surface area contributed by atoms with Crippen LogP contribution >= 0.6 is 35.6 Å². The Balaban J connectivity index is 0.00000529. The number of nitrogens with one attached hydrogen (secondary N) is 1. The number of rotatable bonds is 6. The SMILES string of the molecule is CCC(C)NC(=NCC(=O)N(C)C)N(C)Cc1cc(Cl)cn1C.I. The Hall–Kier alpha value is -0.960. The van der Waals surface area contributed by atoms with Crippen LogP contribution in [0, 0.1) is 0 Å². The minimum atomic E-state index is -0.0243. The Morgan fingerprint density at radius 2 is 2.04 bits per heavy atom. The first-order chi connectivity index (χ1) is 10.7. The van der Waals surface area contributed by atoms with Crippen molar-refractivity contribution in [2.24, 2.45) is 12.0 Å². The lowest BCUT2D eigenvalue weighted by molar-refractivity contribution is -0.127. The lowest BCUT2D eigenvalue weighted by Gasteiger charge is -2.25. The van der Waals surface area contributed by atoms with E-state index in [0.29, 0.717) is 17.5 Å². The van der Waals surface area contributed by atoms with Crippen LogP contribution in [0.5, 0.6) is 0 Å². The summed E-state index contributed by atoms with van der Waals surface area (Å²) in [5.74, 6) is 0.690. The minimum absolute atomic E-state index is 0. The van der Waals surface area contributed by atoms with E-state index in [1.54, 1.807) is 19.0 Å². The molecule has 0 saturated heterocycles. The number of halogens is 2. The molecular weight excluding hydrogens is 441 g/mol. The maximum atomic E-state index is 11.8. The maximum Gasteiger partial charge on any atom is 0.243 e. The molecule has 1 aromatic heterocycles. The number of carbonyl (C=O) groups excluding carboxylic acids is 1. The molecule has 1 N–H and O–H groups in total. The van der Waals surface area contributed by atoms with E-state index in [-0.39, 0.29) is 42.5 Å². The average molecular weight is 470 g/mol. The second-order valence-corrected chi connectivity index (χ2v) is 6.43. The van der Waals surface area contributed by atoms with Gasteiger partial charge in [-0.25, -0.2) is 4.99 Å². The van der Waals surface area contributed by atoms with E-state index in [1.807, 2.05) is 35.8 Å². The quantitative estimate of drug-likeness (QED) is 0.396. The first kappa shape index (κ1) is 23.0. The topological polar surface area (TPSA) is 52.9 Å². The van der Waals surface area contributed by atoms with Crippen LogP contribution in [0.3, 0.4) is 0 Å². The highest BCUT2D eigenvalue weighted by Gasteiger charge is 2.13. The van der Waals surface area contributed by atoms with E-state index < -0.39 is 0 Å². The number of aromatic nitrogens is 1. The summed E-state index contributed by atoms with van der Waals surface area (Å²) in [6.45, 7) is 4.99. The number of nitrogens with zero attached hydrogens (tertiary/aromatic N) is 4. The van der Waals surface area contributed by atoms with Crippen LogP contribution in [0.4, 0.5) is 0 Å². The summed E-state index contributed by atoms with van der Waals surface area (Å²) in [6, 6.07) is 2.21. The predicted molar refractivity (Wildman–Crippen MR) is 111 cm³/mol. The van der Waals surface area contributed by atoms with Crippen LogP contribution in [0.25, 0.3) is 0 Å². The number of aliphatic imine (C=N–C) groups is 1. The van der Waals surface area contributed by atoms with Crippen LogP contribution in [0.2, 0.25) is 5.02 Å². The molecule has 0 aromatic carbocycles. The number of hydrogen-bond donors (Lipinski definition) is 1. The van der Waals surface area contributed by atoms with Gasteiger partial charge in [-0.1, -0.05) is 18.5 Å². The zero-order chi connectivity index (χ0) is 17.6. The molecule has 1 heterocycles. The third-order valence-electron chi connectivity index (χ3n) is 3.69. The summed E-state index contributed by atoms with van der Waals surface area (Å²) >= 11 is 6.04. The van der Waals surface area contributed by atoms with Crippen molar-refractivity contribution in [1.29, 1.82) is 0 Å². The van der Waals surface area contributed by atoms with Gasteiger partial charge in [-0.3, -0.25) is 4.79 Å². The summed E-state index contributed by atoms with van der Waals surface area (Å²) in [6.07, 6.45) is 2.85. The van der Waals surface area contributed by atoms with E-state index in [4.69, 9.17) is 11.6 Å². The van der Waals surface area contributed by atoms with Gasteiger partial charge in [0.05, 0.1) is 11.6 Å². The Morgan fingerprint density at radius 1 is 1.42 bits per heavy atom. The molecule has 0 aliphatic carbocycles. The van der Waals surface area contributed by atoms with Gasteiger partial charge in [0, 0.05) is 46.1 Å². The Bertz CT molecular complexity index is 559. The summed E-state index contributed by atoms with van der Waals surface area (Å²) in [4.78, 5) is 19.8. The zero-order valence-corrected chi connectivity index (χ0v) is 18.4. The lowest BCUT2D eigenvalue weighted by atomic mass is 10.3. The Labute approximate surface area is 167 Å². The van der Waals surface area contributed by atoms with E-state index in [0.717, 1.165) is 12.1 Å². The monoisotopic (exact) mass is 469 g/mol. The van der Waals surface area contributed by atoms with Gasteiger partial charge in [-0.15, -0.1) is 24.0 Å². The molecule has 24 heavy (non-hydrogen) atoms. The van der Waals surface area contributed by atoms with Gasteiger partial charge in [0.25, 0.3) is 0 Å². The van der Waals surface area contributed by atoms with Gasteiger partial charge in [0.1, 0.15) is 6.54 Å². The largest absolute Gasteiger partial charge is 0.354 e. The van der Waals surface area contributed by atoms with Crippen molar-refractivity contribution in [3.63, 3.8) is 0 Å². The molecule has 0 spiro atoms. The number of hydrogen-bond acceptors (Lipinski definition) is 2. The molecule has 0 fully saturated rings. The number of carbonyl (C=O) groups is 1. The van der Waals surface area contributed by atoms with Crippen molar-refractivity contribution in [3.05, 3.63) is 23.0 Å². The molecule has 1 aromatic rings. The van der Waals surface area contributed by atoms with Crippen LogP contribution < -0.4 is 5.32 Å². The third-order valence-corrected chi connectivity index (χ3v) is 3.89.